The van der Waals surface area contributed by atoms with Crippen molar-refractivity contribution in [3.63, 3.8) is 0 Å². The van der Waals surface area contributed by atoms with Crippen LogP contribution in [0.15, 0.2) is 30.3 Å². The van der Waals surface area contributed by atoms with Crippen molar-refractivity contribution in [3.05, 3.63) is 35.9 Å². The molecule has 62 valence electrons. The van der Waals surface area contributed by atoms with Crippen molar-refractivity contribution in [1.82, 2.24) is 0 Å². The van der Waals surface area contributed by atoms with Gasteiger partial charge in [-0.1, -0.05) is 25.6 Å². The van der Waals surface area contributed by atoms with Crippen LogP contribution in [0.25, 0.3) is 0 Å². The number of carbonyl (C=O) groups excluding carboxylic acids is 1. The molecule has 0 heterocycles. The Morgan fingerprint density at radius 3 is 2.17 bits per heavy atom. The Hall–Kier alpha value is -0.350. The van der Waals surface area contributed by atoms with E-state index in [1.165, 1.54) is 0 Å². The molecule has 0 atom stereocenters. The maximum atomic E-state index is 10.5. The van der Waals surface area contributed by atoms with Crippen LogP contribution >= 0.6 is 0 Å². The Morgan fingerprint density at radius 1 is 1.25 bits per heavy atom. The van der Waals surface area contributed by atoms with Gasteiger partial charge in [-0.15, -0.1) is 0 Å². The minimum atomic E-state index is -0.736. The summed E-state index contributed by atoms with van der Waals surface area (Å²) in [6.07, 6.45) is 0. The summed E-state index contributed by atoms with van der Waals surface area (Å²) in [5.74, 6) is -0.736. The summed E-state index contributed by atoms with van der Waals surface area (Å²) in [5.41, 5.74) is 0.338. The van der Waals surface area contributed by atoms with Gasteiger partial charge in [-0.3, -0.25) is 4.89 Å². The molecule has 0 aliphatic heterocycles. The van der Waals surface area contributed by atoms with Gasteiger partial charge in [0.2, 0.25) is 0 Å². The van der Waals surface area contributed by atoms with Gasteiger partial charge in [0.15, 0.2) is 0 Å². The van der Waals surface area contributed by atoms with E-state index in [0.717, 1.165) is 0 Å². The molecule has 0 saturated carbocycles. The van der Waals surface area contributed by atoms with Gasteiger partial charge in [0, 0.05) is 0 Å². The molecule has 0 fully saturated rings. The molecule has 0 aliphatic rings. The van der Waals surface area contributed by atoms with Crippen LogP contribution < -0.4 is 0 Å². The van der Waals surface area contributed by atoms with Crippen molar-refractivity contribution in [3.8, 4) is 0 Å². The van der Waals surface area contributed by atoms with Crippen molar-refractivity contribution >= 4 is 35.5 Å². The predicted octanol–water partition coefficient (Wildman–Crippen LogP) is 1.30. The van der Waals surface area contributed by atoms with E-state index in [2.05, 4.69) is 4.89 Å². The molecule has 1 rings (SSSR count). The van der Waals surface area contributed by atoms with E-state index in [4.69, 9.17) is 5.26 Å². The second kappa shape index (κ2) is 7.31. The third-order valence-electron chi connectivity index (χ3n) is 1.09. The van der Waals surface area contributed by atoms with Crippen molar-refractivity contribution in [2.24, 2.45) is 0 Å². The van der Waals surface area contributed by atoms with E-state index in [1.54, 1.807) is 30.3 Å². The molecular weight excluding hydrogens is 167 g/mol. The Bertz CT molecular complexity index is 223. The first-order chi connectivity index (χ1) is 4.84. The molecule has 0 amide bonds. The number of benzene rings is 1. The molecule has 0 bridgehead atoms. The molecule has 0 radical (unpaired) electrons. The molecule has 3 nitrogen and oxygen atoms in total. The standard InChI is InChI=1S/C7H6O3.CH4.Na.H/c8-7(10-9)6-4-2-1-3-5-6;;;/h1-5,9H;1H4;;. The first-order valence-electron chi connectivity index (χ1n) is 2.75. The van der Waals surface area contributed by atoms with Crippen LogP contribution in [-0.2, 0) is 4.89 Å². The zero-order valence-electron chi connectivity index (χ0n) is 5.15. The maximum absolute atomic E-state index is 10.5. The van der Waals surface area contributed by atoms with Gasteiger partial charge >= 0.3 is 35.5 Å². The van der Waals surface area contributed by atoms with Gasteiger partial charge in [-0.2, -0.15) is 5.26 Å². The fourth-order valence-corrected chi connectivity index (χ4v) is 0.627. The molecule has 0 unspecified atom stereocenters. The zero-order chi connectivity index (χ0) is 7.40. The summed E-state index contributed by atoms with van der Waals surface area (Å²) < 4.78 is 0. The number of hydrogen-bond donors (Lipinski definition) is 1. The molecule has 1 aromatic carbocycles. The summed E-state index contributed by atoms with van der Waals surface area (Å²) in [4.78, 5) is 14.0. The average molecular weight is 178 g/mol. The first-order valence-corrected chi connectivity index (χ1v) is 2.75. The zero-order valence-corrected chi connectivity index (χ0v) is 5.15. The first kappa shape index (κ1) is 14.2. The summed E-state index contributed by atoms with van der Waals surface area (Å²) in [7, 11) is 0. The number of hydrogen-bond acceptors (Lipinski definition) is 3. The normalized spacial score (nSPS) is 7.42. The monoisotopic (exact) mass is 178 g/mol. The number of carbonyl (C=O) groups is 1. The second-order valence-corrected chi connectivity index (χ2v) is 1.74. The van der Waals surface area contributed by atoms with E-state index < -0.39 is 5.97 Å². The summed E-state index contributed by atoms with van der Waals surface area (Å²) in [5, 5.41) is 7.94. The summed E-state index contributed by atoms with van der Waals surface area (Å²) in [6.45, 7) is 0. The molecule has 0 spiro atoms. The van der Waals surface area contributed by atoms with Crippen LogP contribution in [0.5, 0.6) is 0 Å². The molecule has 1 aromatic rings. The Labute approximate surface area is 93.6 Å². The fourth-order valence-electron chi connectivity index (χ4n) is 0.627. The van der Waals surface area contributed by atoms with E-state index >= 15 is 0 Å². The predicted molar refractivity (Wildman–Crippen MR) is 48.4 cm³/mol. The van der Waals surface area contributed by atoms with Gasteiger partial charge in [-0.25, -0.2) is 4.79 Å². The molecule has 0 aromatic heterocycles. The van der Waals surface area contributed by atoms with Gasteiger partial charge in [0.05, 0.1) is 5.56 Å². The van der Waals surface area contributed by atoms with E-state index in [9.17, 15) is 4.79 Å². The molecule has 0 saturated heterocycles. The van der Waals surface area contributed by atoms with Crippen molar-refractivity contribution in [2.75, 3.05) is 0 Å². The Morgan fingerprint density at radius 2 is 1.75 bits per heavy atom. The van der Waals surface area contributed by atoms with Crippen LogP contribution in [0, 0.1) is 0 Å². The van der Waals surface area contributed by atoms with Gasteiger partial charge in [0.25, 0.3) is 0 Å². The van der Waals surface area contributed by atoms with E-state index in [1.807, 2.05) is 0 Å². The molecule has 12 heavy (non-hydrogen) atoms. The van der Waals surface area contributed by atoms with E-state index in [0.29, 0.717) is 5.56 Å². The fraction of sp³-hybridized carbons (Fsp3) is 0.125. The third kappa shape index (κ3) is 3.88. The van der Waals surface area contributed by atoms with Crippen molar-refractivity contribution in [2.45, 2.75) is 7.43 Å². The van der Waals surface area contributed by atoms with E-state index in [-0.39, 0.29) is 37.0 Å². The van der Waals surface area contributed by atoms with Gasteiger partial charge in [0.1, 0.15) is 0 Å². The van der Waals surface area contributed by atoms with Crippen LogP contribution in [0.4, 0.5) is 0 Å². The Kier molecular flexibility index (Phi) is 8.64. The third-order valence-corrected chi connectivity index (χ3v) is 1.09. The average Bonchev–Trinajstić information content (AvgIpc) is 2.05. The number of rotatable bonds is 1. The van der Waals surface area contributed by atoms with Gasteiger partial charge < -0.3 is 0 Å². The molecule has 4 heteroatoms. The van der Waals surface area contributed by atoms with Crippen LogP contribution in [0.2, 0.25) is 0 Å². The molecule has 0 aliphatic carbocycles. The summed E-state index contributed by atoms with van der Waals surface area (Å²) >= 11 is 0. The quantitative estimate of drug-likeness (QED) is 0.400. The van der Waals surface area contributed by atoms with Crippen LogP contribution in [0.3, 0.4) is 0 Å². The van der Waals surface area contributed by atoms with Gasteiger partial charge in [-0.05, 0) is 12.1 Å². The minimum absolute atomic E-state index is 0. The SMILES string of the molecule is C.O=C(OO)c1ccccc1.[NaH]. The second-order valence-electron chi connectivity index (χ2n) is 1.74. The van der Waals surface area contributed by atoms with Crippen LogP contribution in [-0.4, -0.2) is 40.8 Å². The summed E-state index contributed by atoms with van der Waals surface area (Å²) in [6, 6.07) is 8.25. The molecule has 1 N–H and O–H groups in total. The topological polar surface area (TPSA) is 46.5 Å². The van der Waals surface area contributed by atoms with Crippen LogP contribution in [0.1, 0.15) is 17.8 Å². The molecular formula is C8H11NaO3. The Balaban J connectivity index is 0. The van der Waals surface area contributed by atoms with Crippen molar-refractivity contribution in [1.29, 1.82) is 0 Å². The van der Waals surface area contributed by atoms with Crippen molar-refractivity contribution < 1.29 is 14.9 Å².